The molecule has 2 unspecified atom stereocenters. The topological polar surface area (TPSA) is 49.7 Å². The van der Waals surface area contributed by atoms with Crippen molar-refractivity contribution in [1.29, 1.82) is 0 Å². The molecule has 3 nitrogen and oxygen atoms in total. The maximum atomic E-state index is 9.82. The summed E-state index contributed by atoms with van der Waals surface area (Å²) in [7, 11) is 0. The third-order valence-electron chi connectivity index (χ3n) is 3.59. The highest BCUT2D eigenvalue weighted by molar-refractivity contribution is 5.39. The zero-order valence-electron chi connectivity index (χ0n) is 13.1. The van der Waals surface area contributed by atoms with Crippen LogP contribution < -0.4 is 4.74 Å². The third-order valence-corrected chi connectivity index (χ3v) is 3.59. The van der Waals surface area contributed by atoms with Gasteiger partial charge in [-0.25, -0.2) is 0 Å². The molecule has 20 heavy (non-hydrogen) atoms. The first kappa shape index (κ1) is 17.0. The number of aliphatic hydroxyl groups excluding tert-OH is 2. The average molecular weight is 280 g/mol. The highest BCUT2D eigenvalue weighted by Gasteiger charge is 2.15. The Morgan fingerprint density at radius 3 is 2.35 bits per heavy atom. The molecule has 0 aliphatic rings. The van der Waals surface area contributed by atoms with Crippen LogP contribution in [0.4, 0.5) is 0 Å². The van der Waals surface area contributed by atoms with Crippen molar-refractivity contribution in [2.24, 2.45) is 0 Å². The van der Waals surface area contributed by atoms with Crippen LogP contribution in [0.1, 0.15) is 57.6 Å². The fourth-order valence-corrected chi connectivity index (χ4v) is 2.27. The summed E-state index contributed by atoms with van der Waals surface area (Å²) in [5.41, 5.74) is 2.38. The van der Waals surface area contributed by atoms with Crippen molar-refractivity contribution in [3.05, 3.63) is 29.3 Å². The van der Waals surface area contributed by atoms with Gasteiger partial charge in [-0.3, -0.25) is 0 Å². The maximum absolute atomic E-state index is 9.82. The summed E-state index contributed by atoms with van der Waals surface area (Å²) in [6.45, 7) is 8.83. The predicted molar refractivity (Wildman–Crippen MR) is 82.3 cm³/mol. The molecule has 1 rings (SSSR count). The minimum Gasteiger partial charge on any atom is -0.494 e. The van der Waals surface area contributed by atoms with Crippen LogP contribution in [-0.2, 0) is 6.42 Å². The average Bonchev–Trinajstić information content (AvgIpc) is 2.44. The van der Waals surface area contributed by atoms with E-state index in [1.165, 1.54) is 11.1 Å². The molecule has 0 spiro atoms. The minimum absolute atomic E-state index is 0.405. The summed E-state index contributed by atoms with van der Waals surface area (Å²) in [5.74, 6) is 1.35. The van der Waals surface area contributed by atoms with E-state index in [1.54, 1.807) is 0 Å². The molecule has 2 N–H and O–H groups in total. The lowest BCUT2D eigenvalue weighted by Crippen LogP contribution is -2.25. The Bertz CT molecular complexity index is 401. The van der Waals surface area contributed by atoms with Crippen molar-refractivity contribution in [3.8, 4) is 5.75 Å². The smallest absolute Gasteiger partial charge is 0.122 e. The van der Waals surface area contributed by atoms with Gasteiger partial charge in [-0.15, -0.1) is 0 Å². The molecule has 114 valence electrons. The van der Waals surface area contributed by atoms with Crippen molar-refractivity contribution < 1.29 is 14.9 Å². The molecular weight excluding hydrogens is 252 g/mol. The van der Waals surface area contributed by atoms with E-state index in [1.807, 2.05) is 26.0 Å². The summed E-state index contributed by atoms with van der Waals surface area (Å²) < 4.78 is 5.65. The first-order valence-corrected chi connectivity index (χ1v) is 7.61. The van der Waals surface area contributed by atoms with Gasteiger partial charge in [-0.1, -0.05) is 32.9 Å². The van der Waals surface area contributed by atoms with Crippen molar-refractivity contribution in [2.45, 2.75) is 65.1 Å². The first-order chi connectivity index (χ1) is 9.49. The van der Waals surface area contributed by atoms with Gasteiger partial charge >= 0.3 is 0 Å². The second-order valence-corrected chi connectivity index (χ2v) is 5.54. The fourth-order valence-electron chi connectivity index (χ4n) is 2.27. The first-order valence-electron chi connectivity index (χ1n) is 7.61. The largest absolute Gasteiger partial charge is 0.494 e. The molecule has 0 bridgehead atoms. The fraction of sp³-hybridized carbons (Fsp3) is 0.647. The van der Waals surface area contributed by atoms with Crippen molar-refractivity contribution in [3.63, 3.8) is 0 Å². The van der Waals surface area contributed by atoms with Crippen LogP contribution in [-0.4, -0.2) is 29.0 Å². The van der Waals surface area contributed by atoms with Gasteiger partial charge < -0.3 is 14.9 Å². The van der Waals surface area contributed by atoms with Crippen LogP contribution in [0.15, 0.2) is 18.2 Å². The van der Waals surface area contributed by atoms with Crippen LogP contribution in [0.25, 0.3) is 0 Å². The lowest BCUT2D eigenvalue weighted by molar-refractivity contribution is 0.0130. The van der Waals surface area contributed by atoms with E-state index in [4.69, 9.17) is 4.74 Å². The second kappa shape index (κ2) is 8.28. The van der Waals surface area contributed by atoms with E-state index in [2.05, 4.69) is 19.9 Å². The molecule has 0 aliphatic carbocycles. The summed E-state index contributed by atoms with van der Waals surface area (Å²) >= 11 is 0. The molecule has 0 amide bonds. The van der Waals surface area contributed by atoms with Gasteiger partial charge in [-0.05, 0) is 49.3 Å². The zero-order chi connectivity index (χ0) is 15.1. The van der Waals surface area contributed by atoms with E-state index < -0.39 is 12.2 Å². The maximum Gasteiger partial charge on any atom is 0.122 e. The quantitative estimate of drug-likeness (QED) is 0.768. The Labute approximate surface area is 122 Å². The monoisotopic (exact) mass is 280 g/mol. The van der Waals surface area contributed by atoms with Gasteiger partial charge in [-0.2, -0.15) is 0 Å². The number of ether oxygens (including phenoxy) is 1. The molecule has 0 saturated heterocycles. The zero-order valence-corrected chi connectivity index (χ0v) is 13.1. The van der Waals surface area contributed by atoms with Crippen molar-refractivity contribution in [2.75, 3.05) is 6.61 Å². The number of benzene rings is 1. The van der Waals surface area contributed by atoms with E-state index in [0.29, 0.717) is 25.4 Å². The van der Waals surface area contributed by atoms with Crippen LogP contribution in [0.3, 0.4) is 0 Å². The number of rotatable bonds is 8. The Balaban J connectivity index is 2.74. The van der Waals surface area contributed by atoms with E-state index >= 15 is 0 Å². The Hall–Kier alpha value is -1.06. The molecule has 0 radical (unpaired) electrons. The molecule has 1 aromatic carbocycles. The summed E-state index contributed by atoms with van der Waals surface area (Å²) in [5, 5.41) is 19.4. The molecule has 0 heterocycles. The van der Waals surface area contributed by atoms with Crippen molar-refractivity contribution in [1.82, 2.24) is 0 Å². The molecule has 1 aromatic rings. The normalized spacial score (nSPS) is 14.3. The van der Waals surface area contributed by atoms with E-state index in [-0.39, 0.29) is 0 Å². The molecular formula is C17H28O3. The molecule has 0 saturated carbocycles. The van der Waals surface area contributed by atoms with Gasteiger partial charge in [0.25, 0.3) is 0 Å². The number of hydrogen-bond donors (Lipinski definition) is 2. The Morgan fingerprint density at radius 2 is 1.80 bits per heavy atom. The molecule has 3 heteroatoms. The van der Waals surface area contributed by atoms with Gasteiger partial charge in [0.2, 0.25) is 0 Å². The summed E-state index contributed by atoms with van der Waals surface area (Å²) in [6, 6.07) is 6.21. The highest BCUT2D eigenvalue weighted by atomic mass is 16.5. The van der Waals surface area contributed by atoms with Crippen LogP contribution >= 0.6 is 0 Å². The minimum atomic E-state index is -0.644. The van der Waals surface area contributed by atoms with E-state index in [0.717, 1.165) is 12.2 Å². The van der Waals surface area contributed by atoms with E-state index in [9.17, 15) is 10.2 Å². The molecule has 2 atom stereocenters. The predicted octanol–water partition coefficient (Wildman–Crippen LogP) is 3.27. The third kappa shape index (κ3) is 4.80. The number of aliphatic hydroxyl groups is 2. The van der Waals surface area contributed by atoms with Crippen LogP contribution in [0.2, 0.25) is 0 Å². The standard InChI is InChI=1S/C17H28O3/c1-5-15(18)16(19)9-7-13-8-10-17(20-6-2)14(11-13)12(3)4/h8,10-12,15-16,18-19H,5-7,9H2,1-4H3. The van der Waals surface area contributed by atoms with Gasteiger partial charge in [0.1, 0.15) is 5.75 Å². The lowest BCUT2D eigenvalue weighted by Gasteiger charge is -2.17. The Morgan fingerprint density at radius 1 is 1.10 bits per heavy atom. The molecule has 0 fully saturated rings. The van der Waals surface area contributed by atoms with Gasteiger partial charge in [0, 0.05) is 0 Å². The van der Waals surface area contributed by atoms with Gasteiger partial charge in [0.05, 0.1) is 18.8 Å². The highest BCUT2D eigenvalue weighted by Crippen LogP contribution is 2.28. The summed E-state index contributed by atoms with van der Waals surface area (Å²) in [4.78, 5) is 0. The van der Waals surface area contributed by atoms with Crippen LogP contribution in [0.5, 0.6) is 5.75 Å². The molecule has 0 aliphatic heterocycles. The van der Waals surface area contributed by atoms with Crippen molar-refractivity contribution >= 4 is 0 Å². The SMILES string of the molecule is CCOc1ccc(CCC(O)C(O)CC)cc1C(C)C. The number of aryl methyl sites for hydroxylation is 1. The second-order valence-electron chi connectivity index (χ2n) is 5.54. The number of hydrogen-bond acceptors (Lipinski definition) is 3. The lowest BCUT2D eigenvalue weighted by atomic mass is 9.96. The summed E-state index contributed by atoms with van der Waals surface area (Å²) in [6.07, 6.45) is 0.670. The molecule has 0 aromatic heterocycles. The van der Waals surface area contributed by atoms with Crippen LogP contribution in [0, 0.1) is 0 Å². The van der Waals surface area contributed by atoms with Gasteiger partial charge in [0.15, 0.2) is 0 Å². The Kier molecular flexibility index (Phi) is 7.03.